The molecule has 2 aromatic heterocycles. The van der Waals surface area contributed by atoms with Crippen LogP contribution in [0.5, 0.6) is 5.75 Å². The summed E-state index contributed by atoms with van der Waals surface area (Å²) in [4.78, 5) is 58.5. The van der Waals surface area contributed by atoms with Crippen molar-refractivity contribution in [1.29, 1.82) is 0 Å². The fourth-order valence-corrected chi connectivity index (χ4v) is 6.35. The number of hydrogen-bond donors (Lipinski definition) is 5. The zero-order valence-electron chi connectivity index (χ0n) is 26.6. The van der Waals surface area contributed by atoms with Crippen LogP contribution in [0.2, 0.25) is 0 Å². The van der Waals surface area contributed by atoms with E-state index in [9.17, 15) is 24.3 Å². The van der Waals surface area contributed by atoms with Crippen LogP contribution in [0.4, 0.5) is 0 Å². The van der Waals surface area contributed by atoms with Gasteiger partial charge in [0.2, 0.25) is 17.7 Å². The quantitative estimate of drug-likeness (QED) is 0.192. The number of carbonyl (C=O) groups excluding carboxylic acids is 4. The number of aromatic nitrogens is 3. The molecule has 252 valence electrons. The first-order valence-corrected chi connectivity index (χ1v) is 16.6. The van der Waals surface area contributed by atoms with Gasteiger partial charge in [-0.05, 0) is 42.1 Å². The maximum absolute atomic E-state index is 13.7. The zero-order chi connectivity index (χ0) is 34.3. The Morgan fingerprint density at radius 3 is 2.51 bits per heavy atom. The molecule has 2 aliphatic heterocycles. The van der Waals surface area contributed by atoms with E-state index >= 15 is 0 Å². The molecule has 2 aliphatic rings. The molecule has 2 bridgehead atoms. The van der Waals surface area contributed by atoms with E-state index in [1.54, 1.807) is 37.3 Å². The van der Waals surface area contributed by atoms with E-state index in [2.05, 4.69) is 31.3 Å². The molecule has 0 saturated carbocycles. The van der Waals surface area contributed by atoms with E-state index < -0.39 is 42.5 Å². The molecule has 49 heavy (non-hydrogen) atoms. The van der Waals surface area contributed by atoms with Crippen LogP contribution in [0.3, 0.4) is 0 Å². The zero-order valence-corrected chi connectivity index (χ0v) is 27.4. The SMILES string of the molecule is C[C@@H]1NC(=O)[C@H](CO)NC(=O)[C@@H](NC(=O)c2cc3ccccc3s2)Cc2ccc(cc2)OCCNC(=O)Cn2nc(-c3ccccc3)nc21. The highest BCUT2D eigenvalue weighted by Crippen LogP contribution is 2.25. The maximum Gasteiger partial charge on any atom is 0.262 e. The molecule has 0 saturated heterocycles. The van der Waals surface area contributed by atoms with Crippen molar-refractivity contribution in [2.24, 2.45) is 0 Å². The second-order valence-corrected chi connectivity index (χ2v) is 12.6. The summed E-state index contributed by atoms with van der Waals surface area (Å²) >= 11 is 1.31. The summed E-state index contributed by atoms with van der Waals surface area (Å²) in [6, 6.07) is 22.4. The molecule has 4 amide bonds. The fraction of sp³-hybridized carbons (Fsp3) is 0.257. The van der Waals surface area contributed by atoms with E-state index in [1.165, 1.54) is 16.0 Å². The van der Waals surface area contributed by atoms with Gasteiger partial charge in [0.05, 0.1) is 24.1 Å². The standard InChI is InChI=1S/C35H35N7O6S/c1-21-32-40-31(23-7-3-2-4-8-23)41-42(32)19-30(44)36-15-16-48-25-13-11-22(12-14-25)17-26(33(45)39-27(20-43)34(46)37-21)38-35(47)29-18-24-9-5-6-10-28(24)49-29/h2-14,18,21,26-27,43H,15-17,19-20H2,1H3,(H,36,44)(H,37,46)(H,38,47)(H,39,45)/t21-,26-,27-/m0/s1. The van der Waals surface area contributed by atoms with E-state index in [4.69, 9.17) is 4.74 Å². The van der Waals surface area contributed by atoms with Crippen LogP contribution in [0, 0.1) is 0 Å². The Morgan fingerprint density at radius 1 is 1.00 bits per heavy atom. The van der Waals surface area contributed by atoms with E-state index in [0.29, 0.717) is 22.3 Å². The first-order chi connectivity index (χ1) is 23.8. The predicted octanol–water partition coefficient (Wildman–Crippen LogP) is 2.36. The number of nitrogens with zero attached hydrogens (tertiary/aromatic N) is 3. The molecule has 0 unspecified atom stereocenters. The van der Waals surface area contributed by atoms with Crippen molar-refractivity contribution in [2.45, 2.75) is 38.0 Å². The Hall–Kier alpha value is -5.60. The van der Waals surface area contributed by atoms with Crippen molar-refractivity contribution in [3.05, 3.63) is 101 Å². The molecule has 3 atom stereocenters. The lowest BCUT2D eigenvalue weighted by Crippen LogP contribution is -2.55. The Labute approximate surface area is 285 Å². The summed E-state index contributed by atoms with van der Waals surface area (Å²) < 4.78 is 8.15. The highest BCUT2D eigenvalue weighted by Gasteiger charge is 2.29. The van der Waals surface area contributed by atoms with Crippen LogP contribution in [0.1, 0.15) is 34.0 Å². The Balaban J connectivity index is 1.27. The molecule has 0 fully saturated rings. The van der Waals surface area contributed by atoms with Gasteiger partial charge in [-0.2, -0.15) is 5.10 Å². The number of carbonyl (C=O) groups is 4. The van der Waals surface area contributed by atoms with Crippen molar-refractivity contribution in [3.63, 3.8) is 0 Å². The molecule has 5 N–H and O–H groups in total. The third kappa shape index (κ3) is 8.11. The average molecular weight is 682 g/mol. The van der Waals surface area contributed by atoms with Gasteiger partial charge < -0.3 is 31.1 Å². The molecular formula is C35H35N7O6S. The molecular weight excluding hydrogens is 646 g/mol. The van der Waals surface area contributed by atoms with Crippen LogP contribution < -0.4 is 26.0 Å². The minimum atomic E-state index is -1.35. The van der Waals surface area contributed by atoms with E-state index in [-0.39, 0.29) is 32.0 Å². The average Bonchev–Trinajstić information content (AvgIpc) is 3.74. The molecule has 0 aliphatic carbocycles. The summed E-state index contributed by atoms with van der Waals surface area (Å²) in [5.74, 6) is -0.902. The summed E-state index contributed by atoms with van der Waals surface area (Å²) in [6.07, 6.45) is 0.0976. The van der Waals surface area contributed by atoms with Crippen LogP contribution in [0.15, 0.2) is 84.9 Å². The van der Waals surface area contributed by atoms with Gasteiger partial charge in [0.1, 0.15) is 36.8 Å². The number of aliphatic hydroxyl groups excluding tert-OH is 1. The summed E-state index contributed by atoms with van der Waals surface area (Å²) in [5, 5.41) is 26.7. The van der Waals surface area contributed by atoms with Crippen molar-refractivity contribution in [1.82, 2.24) is 36.0 Å². The largest absolute Gasteiger partial charge is 0.492 e. The molecule has 0 spiro atoms. The predicted molar refractivity (Wildman–Crippen MR) is 183 cm³/mol. The highest BCUT2D eigenvalue weighted by molar-refractivity contribution is 7.20. The van der Waals surface area contributed by atoms with Gasteiger partial charge in [-0.1, -0.05) is 60.7 Å². The van der Waals surface area contributed by atoms with E-state index in [1.807, 2.05) is 54.6 Å². The number of thiophene rings is 1. The number of hydrogen-bond acceptors (Lipinski definition) is 9. The molecule has 13 nitrogen and oxygen atoms in total. The Bertz CT molecular complexity index is 1930. The summed E-state index contributed by atoms with van der Waals surface area (Å²) in [5.41, 5.74) is 1.44. The van der Waals surface area contributed by atoms with Gasteiger partial charge in [-0.3, -0.25) is 19.2 Å². The van der Waals surface area contributed by atoms with Crippen LogP contribution >= 0.6 is 11.3 Å². The first-order valence-electron chi connectivity index (χ1n) is 15.8. The number of nitrogens with one attached hydrogen (secondary N) is 4. The van der Waals surface area contributed by atoms with Gasteiger partial charge in [0, 0.05) is 16.7 Å². The van der Waals surface area contributed by atoms with Crippen molar-refractivity contribution < 1.29 is 29.0 Å². The fourth-order valence-electron chi connectivity index (χ4n) is 5.39. The van der Waals surface area contributed by atoms with Crippen LogP contribution in [-0.4, -0.2) is 75.3 Å². The van der Waals surface area contributed by atoms with Gasteiger partial charge in [0.15, 0.2) is 5.82 Å². The summed E-state index contributed by atoms with van der Waals surface area (Å²) in [7, 11) is 0. The molecule has 4 heterocycles. The smallest absolute Gasteiger partial charge is 0.262 e. The second-order valence-electron chi connectivity index (χ2n) is 11.5. The number of benzene rings is 3. The number of rotatable bonds is 4. The third-order valence-electron chi connectivity index (χ3n) is 7.91. The first kappa shape index (κ1) is 33.3. The third-order valence-corrected chi connectivity index (χ3v) is 9.03. The van der Waals surface area contributed by atoms with Crippen molar-refractivity contribution in [2.75, 3.05) is 19.8 Å². The van der Waals surface area contributed by atoms with E-state index in [0.717, 1.165) is 21.2 Å². The number of ether oxygens (including phenoxy) is 1. The van der Waals surface area contributed by atoms with Crippen LogP contribution in [0.25, 0.3) is 21.5 Å². The molecule has 5 aromatic rings. The Kier molecular flexibility index (Phi) is 10.3. The van der Waals surface area contributed by atoms with Gasteiger partial charge in [0.25, 0.3) is 5.91 Å². The Morgan fingerprint density at radius 2 is 1.76 bits per heavy atom. The molecule has 7 rings (SSSR count). The number of amides is 4. The summed E-state index contributed by atoms with van der Waals surface area (Å²) in [6.45, 7) is 1.21. The topological polar surface area (TPSA) is 177 Å². The lowest BCUT2D eigenvalue weighted by molar-refractivity contribution is -0.131. The highest BCUT2D eigenvalue weighted by atomic mass is 32.1. The minimum Gasteiger partial charge on any atom is -0.492 e. The second kappa shape index (κ2) is 15.1. The normalized spacial score (nSPS) is 19.2. The van der Waals surface area contributed by atoms with Gasteiger partial charge >= 0.3 is 0 Å². The van der Waals surface area contributed by atoms with Gasteiger partial charge in [-0.25, -0.2) is 9.67 Å². The number of aliphatic hydroxyl groups is 1. The monoisotopic (exact) mass is 681 g/mol. The van der Waals surface area contributed by atoms with Crippen LogP contribution in [-0.2, 0) is 27.3 Å². The molecule has 0 radical (unpaired) electrons. The lowest BCUT2D eigenvalue weighted by atomic mass is 10.0. The number of fused-ring (bicyclic) bond motifs is 15. The van der Waals surface area contributed by atoms with Gasteiger partial charge in [-0.15, -0.1) is 11.3 Å². The minimum absolute atomic E-state index is 0.0976. The molecule has 3 aromatic carbocycles. The maximum atomic E-state index is 13.7. The van der Waals surface area contributed by atoms with Crippen molar-refractivity contribution >= 4 is 45.1 Å². The molecule has 14 heteroatoms. The van der Waals surface area contributed by atoms with Crippen molar-refractivity contribution in [3.8, 4) is 17.1 Å². The lowest BCUT2D eigenvalue weighted by Gasteiger charge is -2.23.